The Labute approximate surface area is 156 Å². The summed E-state index contributed by atoms with van der Waals surface area (Å²) in [5.74, 6) is -0.526. The second kappa shape index (κ2) is 6.63. The van der Waals surface area contributed by atoms with Gasteiger partial charge in [0.1, 0.15) is 0 Å². The Bertz CT molecular complexity index is 1160. The van der Waals surface area contributed by atoms with E-state index in [1.54, 1.807) is 7.05 Å². The number of likely N-dealkylation sites (N-methyl/N-ethyl adjacent to an activating group) is 1. The smallest absolute Gasteiger partial charge is 0.408 e. The molecule has 0 radical (unpaired) electrons. The lowest BCUT2D eigenvalue weighted by Gasteiger charge is -2.28. The zero-order valence-electron chi connectivity index (χ0n) is 15.1. The Morgan fingerprint density at radius 2 is 1.93 bits per heavy atom. The number of benzene rings is 2. The SMILES string of the molecule is CN(C[C@H]1Cc2ccccc2CO1)S(=O)(=O)c1ccc2oc(=O)n(C)c2c1. The molecule has 1 aliphatic heterocycles. The zero-order valence-corrected chi connectivity index (χ0v) is 15.9. The second-order valence-electron chi connectivity index (χ2n) is 6.75. The van der Waals surface area contributed by atoms with Crippen molar-refractivity contribution in [3.05, 3.63) is 64.1 Å². The van der Waals surface area contributed by atoms with E-state index in [0.29, 0.717) is 24.1 Å². The number of aryl methyl sites for hydroxylation is 1. The molecule has 2 aromatic carbocycles. The lowest BCUT2D eigenvalue weighted by Crippen LogP contribution is -2.38. The fraction of sp³-hybridized carbons (Fsp3) is 0.316. The van der Waals surface area contributed by atoms with Crippen LogP contribution in [0.25, 0.3) is 11.1 Å². The van der Waals surface area contributed by atoms with E-state index in [9.17, 15) is 13.2 Å². The van der Waals surface area contributed by atoms with Crippen LogP contribution in [0.2, 0.25) is 0 Å². The largest absolute Gasteiger partial charge is 0.419 e. The molecular formula is C19H20N2O5S. The first-order chi connectivity index (χ1) is 12.9. The maximum absolute atomic E-state index is 13.0. The van der Waals surface area contributed by atoms with Crippen LogP contribution in [0.1, 0.15) is 11.1 Å². The molecule has 0 fully saturated rings. The summed E-state index contributed by atoms with van der Waals surface area (Å²) in [7, 11) is -0.636. The number of aromatic nitrogens is 1. The minimum Gasteiger partial charge on any atom is -0.408 e. The van der Waals surface area contributed by atoms with Gasteiger partial charge in [-0.2, -0.15) is 4.31 Å². The number of fused-ring (bicyclic) bond motifs is 2. The van der Waals surface area contributed by atoms with Crippen molar-refractivity contribution in [1.29, 1.82) is 0 Å². The molecule has 4 rings (SSSR count). The van der Waals surface area contributed by atoms with Crippen molar-refractivity contribution in [2.75, 3.05) is 13.6 Å². The minimum absolute atomic E-state index is 0.116. The van der Waals surface area contributed by atoms with Crippen molar-refractivity contribution < 1.29 is 17.6 Å². The van der Waals surface area contributed by atoms with E-state index in [2.05, 4.69) is 0 Å². The topological polar surface area (TPSA) is 81.8 Å². The number of oxazole rings is 1. The molecule has 2 heterocycles. The average molecular weight is 388 g/mol. The first-order valence-corrected chi connectivity index (χ1v) is 10.0. The second-order valence-corrected chi connectivity index (χ2v) is 8.79. The molecule has 0 saturated carbocycles. The van der Waals surface area contributed by atoms with Gasteiger partial charge in [-0.25, -0.2) is 13.2 Å². The van der Waals surface area contributed by atoms with E-state index in [0.717, 1.165) is 5.56 Å². The Morgan fingerprint density at radius 3 is 2.70 bits per heavy atom. The van der Waals surface area contributed by atoms with Crippen LogP contribution in [0, 0.1) is 0 Å². The van der Waals surface area contributed by atoms with Crippen LogP contribution in [0.3, 0.4) is 0 Å². The van der Waals surface area contributed by atoms with E-state index >= 15 is 0 Å². The van der Waals surface area contributed by atoms with Crippen molar-refractivity contribution >= 4 is 21.1 Å². The summed E-state index contributed by atoms with van der Waals surface area (Å²) in [5, 5.41) is 0. The van der Waals surface area contributed by atoms with Gasteiger partial charge in [-0.15, -0.1) is 0 Å². The average Bonchev–Trinajstić information content (AvgIpc) is 2.95. The molecule has 1 aromatic heterocycles. The third-order valence-electron chi connectivity index (χ3n) is 4.97. The van der Waals surface area contributed by atoms with Crippen molar-refractivity contribution in [3.63, 3.8) is 0 Å². The van der Waals surface area contributed by atoms with E-state index in [4.69, 9.17) is 9.15 Å². The fourth-order valence-electron chi connectivity index (χ4n) is 3.36. The molecule has 0 aliphatic carbocycles. The zero-order chi connectivity index (χ0) is 19.2. The maximum atomic E-state index is 13.0. The summed E-state index contributed by atoms with van der Waals surface area (Å²) < 4.78 is 39.4. The molecular weight excluding hydrogens is 368 g/mol. The Morgan fingerprint density at radius 1 is 1.19 bits per heavy atom. The van der Waals surface area contributed by atoms with E-state index in [1.807, 2.05) is 24.3 Å². The third-order valence-corrected chi connectivity index (χ3v) is 6.79. The van der Waals surface area contributed by atoms with Crippen LogP contribution in [-0.4, -0.2) is 37.0 Å². The molecule has 0 N–H and O–H groups in total. The molecule has 7 nitrogen and oxygen atoms in total. The van der Waals surface area contributed by atoms with Gasteiger partial charge in [0.25, 0.3) is 0 Å². The molecule has 0 amide bonds. The van der Waals surface area contributed by atoms with Crippen molar-refractivity contribution in [2.45, 2.75) is 24.0 Å². The molecule has 8 heteroatoms. The maximum Gasteiger partial charge on any atom is 0.419 e. The van der Waals surface area contributed by atoms with Gasteiger partial charge in [-0.3, -0.25) is 4.57 Å². The lowest BCUT2D eigenvalue weighted by molar-refractivity contribution is 0.0202. The molecule has 27 heavy (non-hydrogen) atoms. The van der Waals surface area contributed by atoms with Gasteiger partial charge in [0.05, 0.1) is 23.1 Å². The van der Waals surface area contributed by atoms with Gasteiger partial charge in [0, 0.05) is 27.1 Å². The minimum atomic E-state index is -3.72. The third kappa shape index (κ3) is 3.20. The van der Waals surface area contributed by atoms with Crippen LogP contribution in [0.4, 0.5) is 0 Å². The standard InChI is InChI=1S/C19H20N2O5S/c1-20(11-15-9-13-5-3-4-6-14(13)12-25-15)27(23,24)16-7-8-18-17(10-16)21(2)19(22)26-18/h3-8,10,15H,9,11-12H2,1-2H3/t15-/m1/s1. The normalized spacial score (nSPS) is 17.4. The van der Waals surface area contributed by atoms with E-state index in [-0.39, 0.29) is 17.5 Å². The fourth-order valence-corrected chi connectivity index (χ4v) is 4.58. The van der Waals surface area contributed by atoms with Crippen LogP contribution in [0.5, 0.6) is 0 Å². The highest BCUT2D eigenvalue weighted by molar-refractivity contribution is 7.89. The highest BCUT2D eigenvalue weighted by Crippen LogP contribution is 2.24. The molecule has 0 spiro atoms. The molecule has 3 aromatic rings. The number of sulfonamides is 1. The van der Waals surface area contributed by atoms with Crippen molar-refractivity contribution in [2.24, 2.45) is 7.05 Å². The quantitative estimate of drug-likeness (QED) is 0.682. The van der Waals surface area contributed by atoms with Gasteiger partial charge in [0.2, 0.25) is 10.0 Å². The van der Waals surface area contributed by atoms with Gasteiger partial charge in [0.15, 0.2) is 5.58 Å². The molecule has 0 bridgehead atoms. The number of ether oxygens (including phenoxy) is 1. The Hall–Kier alpha value is -2.42. The van der Waals surface area contributed by atoms with Crippen LogP contribution >= 0.6 is 0 Å². The summed E-state index contributed by atoms with van der Waals surface area (Å²) >= 11 is 0. The predicted octanol–water partition coefficient (Wildman–Crippen LogP) is 1.89. The number of hydrogen-bond donors (Lipinski definition) is 0. The summed E-state index contributed by atoms with van der Waals surface area (Å²) in [6, 6.07) is 12.4. The van der Waals surface area contributed by atoms with Gasteiger partial charge >= 0.3 is 5.76 Å². The summed E-state index contributed by atoms with van der Waals surface area (Å²) in [6.07, 6.45) is 0.465. The summed E-state index contributed by atoms with van der Waals surface area (Å²) in [4.78, 5) is 11.7. The molecule has 1 aliphatic rings. The summed E-state index contributed by atoms with van der Waals surface area (Å²) in [6.45, 7) is 0.733. The van der Waals surface area contributed by atoms with Crippen molar-refractivity contribution in [1.82, 2.24) is 8.87 Å². The van der Waals surface area contributed by atoms with Crippen LogP contribution in [0.15, 0.2) is 56.6 Å². The number of hydrogen-bond acceptors (Lipinski definition) is 5. The summed E-state index contributed by atoms with van der Waals surface area (Å²) in [5.41, 5.74) is 3.13. The first kappa shape index (κ1) is 18.0. The van der Waals surface area contributed by atoms with Gasteiger partial charge < -0.3 is 9.15 Å². The van der Waals surface area contributed by atoms with Gasteiger partial charge in [-0.05, 0) is 29.3 Å². The van der Waals surface area contributed by atoms with E-state index in [1.165, 1.54) is 39.7 Å². The molecule has 0 saturated heterocycles. The molecule has 142 valence electrons. The highest BCUT2D eigenvalue weighted by atomic mass is 32.2. The Kier molecular flexibility index (Phi) is 4.41. The van der Waals surface area contributed by atoms with Gasteiger partial charge in [-0.1, -0.05) is 24.3 Å². The van der Waals surface area contributed by atoms with E-state index < -0.39 is 15.8 Å². The van der Waals surface area contributed by atoms with Crippen molar-refractivity contribution in [3.8, 4) is 0 Å². The molecule has 0 unspecified atom stereocenters. The molecule has 1 atom stereocenters. The van der Waals surface area contributed by atoms with Crippen LogP contribution < -0.4 is 5.76 Å². The van der Waals surface area contributed by atoms with Crippen LogP contribution in [-0.2, 0) is 34.8 Å². The predicted molar refractivity (Wildman–Crippen MR) is 100.0 cm³/mol. The number of rotatable bonds is 4. The lowest BCUT2D eigenvalue weighted by atomic mass is 9.99. The Balaban J connectivity index is 1.57. The number of nitrogens with zero attached hydrogens (tertiary/aromatic N) is 2. The highest BCUT2D eigenvalue weighted by Gasteiger charge is 2.27. The first-order valence-electron chi connectivity index (χ1n) is 8.60. The monoisotopic (exact) mass is 388 g/mol.